The van der Waals surface area contributed by atoms with Gasteiger partial charge in [0.05, 0.1) is 6.04 Å². The van der Waals surface area contributed by atoms with Crippen LogP contribution in [0.1, 0.15) is 105 Å². The number of primary amides is 2. The van der Waals surface area contributed by atoms with Crippen molar-refractivity contribution in [3.63, 3.8) is 0 Å². The molecule has 330 valence electrons. The maximum atomic E-state index is 14.3. The summed E-state index contributed by atoms with van der Waals surface area (Å²) in [6.45, 7) is 1.12. The maximum absolute atomic E-state index is 14.3. The highest BCUT2D eigenvalue weighted by molar-refractivity contribution is 6.09. The van der Waals surface area contributed by atoms with Crippen molar-refractivity contribution < 1.29 is 38.4 Å². The summed E-state index contributed by atoms with van der Waals surface area (Å²) < 4.78 is 0. The summed E-state index contributed by atoms with van der Waals surface area (Å²) in [6, 6.07) is 11.6. The van der Waals surface area contributed by atoms with E-state index in [0.717, 1.165) is 44.3 Å². The Hall–Kier alpha value is -5.94. The van der Waals surface area contributed by atoms with Gasteiger partial charge in [0.1, 0.15) is 18.1 Å². The predicted molar refractivity (Wildman–Crippen MR) is 228 cm³/mol. The van der Waals surface area contributed by atoms with E-state index in [2.05, 4.69) is 37.4 Å². The Morgan fingerprint density at radius 2 is 1.23 bits per heavy atom. The van der Waals surface area contributed by atoms with E-state index in [1.165, 1.54) is 0 Å². The van der Waals surface area contributed by atoms with Gasteiger partial charge in [0, 0.05) is 49.2 Å². The summed E-state index contributed by atoms with van der Waals surface area (Å²) in [5.74, 6) is -4.49. The summed E-state index contributed by atoms with van der Waals surface area (Å²) >= 11 is 0. The number of nitrogens with one attached hydrogen (secondary N) is 7. The summed E-state index contributed by atoms with van der Waals surface area (Å²) in [4.78, 5) is 104. The first kappa shape index (κ1) is 47.7. The molecule has 0 saturated heterocycles. The topological polar surface area (TPSA) is 273 Å². The third kappa shape index (κ3) is 17.3. The minimum atomic E-state index is -1.29. The molecule has 1 aliphatic carbocycles. The summed E-state index contributed by atoms with van der Waals surface area (Å²) in [7, 11) is 0. The molecule has 0 radical (unpaired) electrons. The van der Waals surface area contributed by atoms with E-state index < -0.39 is 65.5 Å². The molecule has 1 saturated carbocycles. The normalized spacial score (nSPS) is 23.2. The van der Waals surface area contributed by atoms with Crippen LogP contribution in [0.25, 0.3) is 0 Å². The predicted octanol–water partition coefficient (Wildman–Crippen LogP) is 0.851. The molecule has 2 aliphatic rings. The minimum Gasteiger partial charge on any atom is -0.370 e. The number of nitrogens with two attached hydrogens (primary N) is 2. The van der Waals surface area contributed by atoms with Gasteiger partial charge < -0.3 is 38.1 Å². The van der Waals surface area contributed by atoms with Gasteiger partial charge in [-0.05, 0) is 56.6 Å². The molecule has 4 atom stereocenters. The second kappa shape index (κ2) is 25.6. The molecule has 2 aromatic rings. The average molecular weight is 844 g/mol. The Labute approximate surface area is 356 Å². The molecule has 0 aromatic heterocycles. The lowest BCUT2D eigenvalue weighted by atomic mass is 9.84. The molecule has 0 spiro atoms. The molecule has 17 heteroatoms. The van der Waals surface area contributed by atoms with Crippen LogP contribution in [0.2, 0.25) is 0 Å². The van der Waals surface area contributed by atoms with Crippen molar-refractivity contribution in [3.8, 4) is 0 Å². The number of carbonyl (C=O) groups is 8. The van der Waals surface area contributed by atoms with E-state index in [0.29, 0.717) is 61.9 Å². The highest BCUT2D eigenvalue weighted by Gasteiger charge is 2.32. The van der Waals surface area contributed by atoms with Crippen molar-refractivity contribution in [1.82, 2.24) is 37.4 Å². The average Bonchev–Trinajstić information content (AvgIpc) is 3.25. The van der Waals surface area contributed by atoms with Crippen LogP contribution in [-0.2, 0) is 40.0 Å². The lowest BCUT2D eigenvalue weighted by molar-refractivity contribution is -0.134. The van der Waals surface area contributed by atoms with Gasteiger partial charge in [0.2, 0.25) is 35.4 Å². The molecular weight excluding hydrogens is 783 g/mol. The summed E-state index contributed by atoms with van der Waals surface area (Å²) in [6.07, 6.45) is 9.36. The Morgan fingerprint density at radius 1 is 0.607 bits per heavy atom. The van der Waals surface area contributed by atoms with Crippen LogP contribution in [0.15, 0.2) is 66.7 Å². The largest absolute Gasteiger partial charge is 0.370 e. The number of benzene rings is 2. The first-order valence-corrected chi connectivity index (χ1v) is 21.3. The van der Waals surface area contributed by atoms with Crippen LogP contribution in [-0.4, -0.2) is 90.9 Å². The van der Waals surface area contributed by atoms with Gasteiger partial charge in [-0.25, -0.2) is 5.43 Å². The van der Waals surface area contributed by atoms with Crippen LogP contribution in [0, 0.1) is 5.92 Å². The molecule has 2 aromatic carbocycles. The highest BCUT2D eigenvalue weighted by atomic mass is 16.2. The van der Waals surface area contributed by atoms with Crippen LogP contribution in [0.4, 0.5) is 0 Å². The van der Waals surface area contributed by atoms with Crippen molar-refractivity contribution >= 4 is 47.1 Å². The van der Waals surface area contributed by atoms with Crippen LogP contribution < -0.4 is 48.9 Å². The molecule has 4 rings (SSSR count). The van der Waals surface area contributed by atoms with E-state index in [9.17, 15) is 38.4 Å². The fraction of sp³-hybridized carbons (Fsp3) is 0.500. The third-order valence-electron chi connectivity index (χ3n) is 10.8. The fourth-order valence-corrected chi connectivity index (χ4v) is 7.41. The smallest absolute Gasteiger partial charge is 0.258 e. The third-order valence-corrected chi connectivity index (χ3v) is 10.8. The zero-order valence-corrected chi connectivity index (χ0v) is 34.7. The minimum absolute atomic E-state index is 0.0655. The van der Waals surface area contributed by atoms with Gasteiger partial charge in [-0.3, -0.25) is 43.8 Å². The molecular formula is C44H61N9O8. The van der Waals surface area contributed by atoms with Crippen molar-refractivity contribution in [1.29, 1.82) is 0 Å². The van der Waals surface area contributed by atoms with Crippen molar-refractivity contribution in [2.45, 2.75) is 114 Å². The van der Waals surface area contributed by atoms with Crippen molar-refractivity contribution in [2.24, 2.45) is 17.4 Å². The number of amides is 7. The SMILES string of the molecule is NC(=O)CC[C@@H]1NC(=O)/C=C\C(=O)NNCCCCC(C(N)=O)NCCCCNC(=O)[C@@H](Cc2ccc(C(=O)c3ccccc3)cc2)NC(=O)[C@H](CC2CCCCC2)NC1=O. The molecule has 11 N–H and O–H groups in total. The molecule has 7 amide bonds. The number of carbonyl (C=O) groups excluding carboxylic acids is 8. The second-order valence-corrected chi connectivity index (χ2v) is 15.7. The maximum Gasteiger partial charge on any atom is 0.258 e. The Kier molecular flexibility index (Phi) is 20.1. The number of hydrogen-bond donors (Lipinski definition) is 9. The van der Waals surface area contributed by atoms with Gasteiger partial charge in [-0.2, -0.15) is 0 Å². The van der Waals surface area contributed by atoms with E-state index >= 15 is 0 Å². The zero-order chi connectivity index (χ0) is 44.0. The highest BCUT2D eigenvalue weighted by Crippen LogP contribution is 2.27. The Bertz CT molecular complexity index is 1830. The second-order valence-electron chi connectivity index (χ2n) is 15.7. The molecule has 61 heavy (non-hydrogen) atoms. The lowest BCUT2D eigenvalue weighted by Gasteiger charge is -2.29. The van der Waals surface area contributed by atoms with Crippen LogP contribution >= 0.6 is 0 Å². The quantitative estimate of drug-likeness (QED) is 0.152. The molecule has 1 fully saturated rings. The summed E-state index contributed by atoms with van der Waals surface area (Å²) in [5.41, 5.74) is 17.9. The first-order valence-electron chi connectivity index (χ1n) is 21.3. The van der Waals surface area contributed by atoms with Crippen LogP contribution in [0.3, 0.4) is 0 Å². The number of rotatable bonds is 10. The molecule has 1 unspecified atom stereocenters. The first-order chi connectivity index (χ1) is 29.4. The van der Waals surface area contributed by atoms with Gasteiger partial charge in [-0.1, -0.05) is 93.1 Å². The standard InChI is InChI=1S/C44H61N9O8/c45-37(54)21-20-34-43(60)52-36(27-29-11-3-1-4-12-29)44(61)51-35(28-30-16-18-32(19-17-30)40(57)31-13-5-2-6-14-31)42(59)48-25-10-9-24-47-33(41(46)58)15-7-8-26-49-53-39(56)23-22-38(55)50-34/h2,5-6,13-14,16-19,22-23,29,33-36,47,49H,1,3-4,7-12,15,20-21,24-28H2,(H2,45,54)(H2,46,58)(H,48,59)(H,50,55)(H,51,61)(H,52,60)(H,53,56)/b23-22-/t33?,34-,35+,36-/m0/s1. The molecule has 0 bridgehead atoms. The number of hydrazine groups is 1. The van der Waals surface area contributed by atoms with Crippen LogP contribution in [0.5, 0.6) is 0 Å². The molecule has 1 heterocycles. The monoisotopic (exact) mass is 843 g/mol. The van der Waals surface area contributed by atoms with E-state index in [4.69, 9.17) is 11.5 Å². The Morgan fingerprint density at radius 3 is 1.93 bits per heavy atom. The van der Waals surface area contributed by atoms with Gasteiger partial charge in [-0.15, -0.1) is 0 Å². The van der Waals surface area contributed by atoms with Crippen molar-refractivity contribution in [2.75, 3.05) is 19.6 Å². The Balaban J connectivity index is 1.59. The van der Waals surface area contributed by atoms with Gasteiger partial charge in [0.25, 0.3) is 5.91 Å². The number of hydrogen-bond acceptors (Lipinski definition) is 10. The summed E-state index contributed by atoms with van der Waals surface area (Å²) in [5, 5.41) is 14.3. The van der Waals surface area contributed by atoms with E-state index in [1.54, 1.807) is 48.5 Å². The number of ketones is 1. The molecule has 1 aliphatic heterocycles. The van der Waals surface area contributed by atoms with Crippen molar-refractivity contribution in [3.05, 3.63) is 83.4 Å². The van der Waals surface area contributed by atoms with Gasteiger partial charge in [0.15, 0.2) is 5.78 Å². The fourth-order valence-electron chi connectivity index (χ4n) is 7.41. The zero-order valence-electron chi connectivity index (χ0n) is 34.7. The van der Waals surface area contributed by atoms with E-state index in [-0.39, 0.29) is 43.9 Å². The lowest BCUT2D eigenvalue weighted by Crippen LogP contribution is -2.57. The van der Waals surface area contributed by atoms with Gasteiger partial charge >= 0.3 is 0 Å². The van der Waals surface area contributed by atoms with E-state index in [1.807, 2.05) is 6.07 Å². The molecule has 17 nitrogen and oxygen atoms in total.